The van der Waals surface area contributed by atoms with Crippen molar-refractivity contribution in [1.82, 2.24) is 24.3 Å². The van der Waals surface area contributed by atoms with Crippen LogP contribution in [0.4, 0.5) is 0 Å². The van der Waals surface area contributed by atoms with Crippen LogP contribution in [-0.2, 0) is 34.4 Å². The molecule has 3 aromatic rings. The maximum atomic E-state index is 13.7. The third-order valence-corrected chi connectivity index (χ3v) is 11.0. The fourth-order valence-electron chi connectivity index (χ4n) is 4.25. The largest absolute Gasteiger partial charge is 0.415 e. The number of benzene rings is 1. The number of amides is 1. The average molecular weight is 598 g/mol. The fraction of sp³-hybridized carbons (Fsp3) is 0.435. The molecule has 1 N–H and O–H groups in total. The van der Waals surface area contributed by atoms with Crippen molar-refractivity contribution >= 4 is 37.3 Å². The first-order valence-corrected chi connectivity index (χ1v) is 16.3. The second-order valence-corrected chi connectivity index (χ2v) is 14.2. The van der Waals surface area contributed by atoms with Crippen LogP contribution in [0.2, 0.25) is 0 Å². The van der Waals surface area contributed by atoms with Crippen LogP contribution in [0, 0.1) is 0 Å². The van der Waals surface area contributed by atoms with Crippen LogP contribution in [0.3, 0.4) is 0 Å². The fourth-order valence-corrected chi connectivity index (χ4v) is 8.00. The third kappa shape index (κ3) is 6.21. The number of rotatable bonds is 8. The van der Waals surface area contributed by atoms with Crippen molar-refractivity contribution in [2.24, 2.45) is 0 Å². The van der Waals surface area contributed by atoms with Crippen LogP contribution in [0.5, 0.6) is 0 Å². The van der Waals surface area contributed by atoms with Gasteiger partial charge in [-0.25, -0.2) is 27.2 Å². The highest BCUT2D eigenvalue weighted by Gasteiger charge is 2.43. The number of hydroxylamine groups is 1. The van der Waals surface area contributed by atoms with Gasteiger partial charge in [0.05, 0.1) is 11.1 Å². The van der Waals surface area contributed by atoms with E-state index in [1.165, 1.54) is 6.07 Å². The molecule has 39 heavy (non-hydrogen) atoms. The van der Waals surface area contributed by atoms with Gasteiger partial charge >= 0.3 is 0 Å². The zero-order valence-electron chi connectivity index (χ0n) is 20.9. The highest BCUT2D eigenvalue weighted by molar-refractivity contribution is 7.91. The molecule has 0 bridgehead atoms. The molecule has 2 unspecified atom stereocenters. The van der Waals surface area contributed by atoms with Gasteiger partial charge in [-0.1, -0.05) is 18.2 Å². The number of sulfonamides is 2. The highest BCUT2D eigenvalue weighted by atomic mass is 32.2. The van der Waals surface area contributed by atoms with E-state index in [0.29, 0.717) is 23.8 Å². The van der Waals surface area contributed by atoms with Gasteiger partial charge in [0.1, 0.15) is 10.3 Å². The lowest BCUT2D eigenvalue weighted by Gasteiger charge is -2.38. The van der Waals surface area contributed by atoms with E-state index < -0.39 is 38.3 Å². The van der Waals surface area contributed by atoms with Gasteiger partial charge in [0, 0.05) is 38.2 Å². The van der Waals surface area contributed by atoms with Crippen LogP contribution < -0.4 is 5.48 Å². The summed E-state index contributed by atoms with van der Waals surface area (Å²) in [5.41, 5.74) is 3.00. The smallest absolute Gasteiger partial charge is 0.263 e. The Morgan fingerprint density at radius 2 is 1.82 bits per heavy atom. The Balaban J connectivity index is 1.37. The topological polar surface area (TPSA) is 161 Å². The lowest BCUT2D eigenvalue weighted by Crippen LogP contribution is -2.61. The standard InChI is InChI=1S/C23H27N5O8S3/c1-38(30,31)27-12-13-28(17(15-27)21(29)26-36-19-9-5-6-14-34-19)39(32,33)20-11-10-18(37-20)23-25-24-22(35-23)16-7-3-2-4-8-16/h2-4,7-8,10-11,17,19H,5-6,9,12-15H2,1H3,(H,26,29). The highest BCUT2D eigenvalue weighted by Crippen LogP contribution is 2.34. The summed E-state index contributed by atoms with van der Waals surface area (Å²) >= 11 is 0.911. The van der Waals surface area contributed by atoms with Crippen molar-refractivity contribution in [1.29, 1.82) is 0 Å². The molecule has 210 valence electrons. The van der Waals surface area contributed by atoms with Crippen LogP contribution in [0.25, 0.3) is 22.2 Å². The average Bonchev–Trinajstić information content (AvgIpc) is 3.63. The van der Waals surface area contributed by atoms with Gasteiger partial charge in [0.15, 0.2) is 6.29 Å². The second-order valence-electron chi connectivity index (χ2n) is 9.03. The lowest BCUT2D eigenvalue weighted by molar-refractivity contribution is -0.202. The lowest BCUT2D eigenvalue weighted by atomic mass is 10.2. The second kappa shape index (κ2) is 11.4. The van der Waals surface area contributed by atoms with E-state index >= 15 is 0 Å². The number of nitrogens with zero attached hydrogens (tertiary/aromatic N) is 4. The number of carbonyl (C=O) groups excluding carboxylic acids is 1. The number of ether oxygens (including phenoxy) is 1. The zero-order valence-corrected chi connectivity index (χ0v) is 23.4. The van der Waals surface area contributed by atoms with E-state index in [4.69, 9.17) is 14.0 Å². The Morgan fingerprint density at radius 1 is 1.05 bits per heavy atom. The number of nitrogens with one attached hydrogen (secondary N) is 1. The summed E-state index contributed by atoms with van der Waals surface area (Å²) in [6, 6.07) is 10.7. The molecule has 0 radical (unpaired) electrons. The molecule has 13 nitrogen and oxygen atoms in total. The molecule has 2 aliphatic rings. The minimum atomic E-state index is -4.21. The summed E-state index contributed by atoms with van der Waals surface area (Å²) in [6.07, 6.45) is 2.67. The first kappa shape index (κ1) is 27.8. The predicted molar refractivity (Wildman–Crippen MR) is 140 cm³/mol. The third-order valence-electron chi connectivity index (χ3n) is 6.30. The van der Waals surface area contributed by atoms with E-state index in [2.05, 4.69) is 15.7 Å². The molecule has 0 aliphatic carbocycles. The van der Waals surface area contributed by atoms with Crippen molar-refractivity contribution in [3.8, 4) is 22.2 Å². The minimum absolute atomic E-state index is 0.0564. The minimum Gasteiger partial charge on any atom is -0.415 e. The molecule has 2 aliphatic heterocycles. The maximum absolute atomic E-state index is 13.7. The molecule has 2 aromatic heterocycles. The van der Waals surface area contributed by atoms with Crippen molar-refractivity contribution in [3.05, 3.63) is 42.5 Å². The van der Waals surface area contributed by atoms with Crippen LogP contribution in [0.1, 0.15) is 19.3 Å². The van der Waals surface area contributed by atoms with Crippen molar-refractivity contribution in [2.75, 3.05) is 32.5 Å². The Labute approximate surface area is 229 Å². The molecular weight excluding hydrogens is 570 g/mol. The number of piperazine rings is 1. The quantitative estimate of drug-likeness (QED) is 0.378. The Bertz CT molecular complexity index is 1520. The molecule has 0 spiro atoms. The molecule has 16 heteroatoms. The van der Waals surface area contributed by atoms with Gasteiger partial charge < -0.3 is 9.15 Å². The summed E-state index contributed by atoms with van der Waals surface area (Å²) in [4.78, 5) is 18.9. The van der Waals surface area contributed by atoms with Crippen molar-refractivity contribution < 1.29 is 35.6 Å². The molecular formula is C23H27N5O8S3. The van der Waals surface area contributed by atoms with E-state index in [9.17, 15) is 21.6 Å². The van der Waals surface area contributed by atoms with Crippen LogP contribution in [0.15, 0.2) is 51.1 Å². The molecule has 1 aromatic carbocycles. The van der Waals surface area contributed by atoms with E-state index in [0.717, 1.165) is 44.6 Å². The van der Waals surface area contributed by atoms with E-state index in [-0.39, 0.29) is 29.7 Å². The molecule has 2 saturated heterocycles. The normalized spacial score (nSPS) is 21.6. The summed E-state index contributed by atoms with van der Waals surface area (Å²) in [6.45, 7) is -0.197. The monoisotopic (exact) mass is 597 g/mol. The van der Waals surface area contributed by atoms with Crippen molar-refractivity contribution in [2.45, 2.75) is 35.8 Å². The first-order chi connectivity index (χ1) is 18.6. The molecule has 4 heterocycles. The number of carbonyl (C=O) groups is 1. The van der Waals surface area contributed by atoms with Gasteiger partial charge in [0.25, 0.3) is 21.8 Å². The molecule has 2 fully saturated rings. The Morgan fingerprint density at radius 3 is 2.54 bits per heavy atom. The summed E-state index contributed by atoms with van der Waals surface area (Å²) in [5, 5.41) is 8.08. The first-order valence-electron chi connectivity index (χ1n) is 12.2. The summed E-state index contributed by atoms with van der Waals surface area (Å²) < 4.78 is 65.0. The number of aromatic nitrogens is 2. The molecule has 1 amide bonds. The summed E-state index contributed by atoms with van der Waals surface area (Å²) in [5.74, 6) is -0.348. The molecule has 0 saturated carbocycles. The number of thiophene rings is 1. The van der Waals surface area contributed by atoms with Crippen LogP contribution in [-0.4, -0.2) is 86.4 Å². The Hall–Kier alpha value is -2.73. The van der Waals surface area contributed by atoms with Gasteiger partial charge in [-0.05, 0) is 37.1 Å². The van der Waals surface area contributed by atoms with Crippen LogP contribution >= 0.6 is 11.3 Å². The maximum Gasteiger partial charge on any atom is 0.263 e. The predicted octanol–water partition coefficient (Wildman–Crippen LogP) is 1.67. The van der Waals surface area contributed by atoms with Gasteiger partial charge in [0.2, 0.25) is 15.9 Å². The summed E-state index contributed by atoms with van der Waals surface area (Å²) in [7, 11) is -7.88. The van der Waals surface area contributed by atoms with Gasteiger partial charge in [-0.3, -0.25) is 4.79 Å². The van der Waals surface area contributed by atoms with Gasteiger partial charge in [-0.15, -0.1) is 21.5 Å². The zero-order chi connectivity index (χ0) is 27.6. The van der Waals surface area contributed by atoms with Gasteiger partial charge in [-0.2, -0.15) is 8.61 Å². The molecule has 5 rings (SSSR count). The Kier molecular flexibility index (Phi) is 8.14. The van der Waals surface area contributed by atoms with E-state index in [1.807, 2.05) is 30.3 Å². The number of hydrogen-bond donors (Lipinski definition) is 1. The van der Waals surface area contributed by atoms with Crippen molar-refractivity contribution in [3.63, 3.8) is 0 Å². The molecule has 2 atom stereocenters. The number of hydrogen-bond acceptors (Lipinski definition) is 11. The SMILES string of the molecule is CS(=O)(=O)N1CCN(S(=O)(=O)c2ccc(-c3nnc(-c4ccccc4)o3)s2)C(C(=O)NOC2CCCCO2)C1. The van der Waals surface area contributed by atoms with E-state index in [1.54, 1.807) is 6.07 Å².